The van der Waals surface area contributed by atoms with Gasteiger partial charge >= 0.3 is 0 Å². The van der Waals surface area contributed by atoms with Gasteiger partial charge in [0.05, 0.1) is 14.2 Å². The fourth-order valence-electron chi connectivity index (χ4n) is 2.87. The Hall–Kier alpha value is -3.80. The average molecular weight is 405 g/mol. The third-order valence-electron chi connectivity index (χ3n) is 4.50. The van der Waals surface area contributed by atoms with Gasteiger partial charge in [-0.3, -0.25) is 9.59 Å². The van der Waals surface area contributed by atoms with E-state index in [-0.39, 0.29) is 11.7 Å². The van der Waals surface area contributed by atoms with E-state index >= 15 is 0 Å². The average Bonchev–Trinajstić information content (AvgIpc) is 2.78. The Labute approximate surface area is 175 Å². The molecule has 0 bridgehead atoms. The number of methoxy groups -OCH3 is 2. The number of carbonyl (C=O) groups excluding carboxylic acids is 2. The van der Waals surface area contributed by atoms with Crippen LogP contribution in [0, 0.1) is 0 Å². The van der Waals surface area contributed by atoms with Crippen molar-refractivity contribution < 1.29 is 23.8 Å². The smallest absolute Gasteiger partial charge is 0.255 e. The quantitative estimate of drug-likeness (QED) is 0.548. The molecule has 0 aliphatic carbocycles. The largest absolute Gasteiger partial charge is 0.493 e. The van der Waals surface area contributed by atoms with Crippen molar-refractivity contribution >= 4 is 17.4 Å². The lowest BCUT2D eigenvalue weighted by atomic mass is 10.1. The number of rotatable bonds is 8. The molecular formula is C24H23NO5. The molecule has 0 aliphatic heterocycles. The Balaban J connectivity index is 1.81. The third kappa shape index (κ3) is 4.97. The molecule has 0 aliphatic rings. The first-order chi connectivity index (χ1) is 14.5. The summed E-state index contributed by atoms with van der Waals surface area (Å²) in [6, 6.07) is 19.6. The molecule has 30 heavy (non-hydrogen) atoms. The first kappa shape index (κ1) is 20.9. The number of hydrogen-bond donors (Lipinski definition) is 1. The van der Waals surface area contributed by atoms with Crippen molar-refractivity contribution in [1.82, 2.24) is 0 Å². The molecule has 1 amide bonds. The molecule has 154 valence electrons. The van der Waals surface area contributed by atoms with Gasteiger partial charge in [-0.05, 0) is 48.9 Å². The van der Waals surface area contributed by atoms with Crippen molar-refractivity contribution in [1.29, 1.82) is 0 Å². The molecule has 0 saturated heterocycles. The van der Waals surface area contributed by atoms with Crippen LogP contribution in [0.4, 0.5) is 5.69 Å². The van der Waals surface area contributed by atoms with E-state index in [0.717, 1.165) is 5.56 Å². The van der Waals surface area contributed by atoms with Gasteiger partial charge in [0, 0.05) is 16.8 Å². The maximum absolute atomic E-state index is 12.7. The van der Waals surface area contributed by atoms with E-state index < -0.39 is 0 Å². The van der Waals surface area contributed by atoms with Crippen LogP contribution in [0.15, 0.2) is 66.7 Å². The van der Waals surface area contributed by atoms with E-state index in [9.17, 15) is 9.59 Å². The van der Waals surface area contributed by atoms with Gasteiger partial charge in [0.1, 0.15) is 6.61 Å². The molecule has 0 spiro atoms. The SMILES string of the molecule is COc1cc(C(=O)Nc2ccc(C(C)=O)cc2)cc(OC)c1OCc1ccccc1. The fourth-order valence-corrected chi connectivity index (χ4v) is 2.87. The number of Topliss-reactive ketones (excluding diaryl/α,β-unsaturated/α-hetero) is 1. The topological polar surface area (TPSA) is 73.9 Å². The summed E-state index contributed by atoms with van der Waals surface area (Å²) in [5.41, 5.74) is 2.51. The van der Waals surface area contributed by atoms with Gasteiger partial charge < -0.3 is 19.5 Å². The standard InChI is InChI=1S/C24H23NO5/c1-16(26)18-9-11-20(12-10-18)25-24(27)19-13-21(28-2)23(22(14-19)29-3)30-15-17-7-5-4-6-8-17/h4-14H,15H2,1-3H3,(H,25,27). The minimum atomic E-state index is -0.336. The van der Waals surface area contributed by atoms with E-state index in [4.69, 9.17) is 14.2 Å². The summed E-state index contributed by atoms with van der Waals surface area (Å²) in [6.07, 6.45) is 0. The Morgan fingerprint density at radius 2 is 1.43 bits per heavy atom. The predicted octanol–water partition coefficient (Wildman–Crippen LogP) is 4.74. The number of amides is 1. The number of ether oxygens (including phenoxy) is 3. The van der Waals surface area contributed by atoms with E-state index in [2.05, 4.69) is 5.32 Å². The Morgan fingerprint density at radius 1 is 0.833 bits per heavy atom. The molecule has 0 atom stereocenters. The molecular weight excluding hydrogens is 382 g/mol. The van der Waals surface area contributed by atoms with Crippen molar-refractivity contribution in [3.63, 3.8) is 0 Å². The lowest BCUT2D eigenvalue weighted by Gasteiger charge is -2.16. The molecule has 6 heteroatoms. The van der Waals surface area contributed by atoms with Crippen molar-refractivity contribution in [2.24, 2.45) is 0 Å². The third-order valence-corrected chi connectivity index (χ3v) is 4.50. The van der Waals surface area contributed by atoms with Gasteiger partial charge in [-0.2, -0.15) is 0 Å². The van der Waals surface area contributed by atoms with Crippen LogP contribution in [0.1, 0.15) is 33.2 Å². The molecule has 1 N–H and O–H groups in total. The summed E-state index contributed by atoms with van der Waals surface area (Å²) in [4.78, 5) is 24.1. The maximum Gasteiger partial charge on any atom is 0.255 e. The van der Waals surface area contributed by atoms with Crippen molar-refractivity contribution in [2.45, 2.75) is 13.5 Å². The van der Waals surface area contributed by atoms with Crippen molar-refractivity contribution in [3.8, 4) is 17.2 Å². The lowest BCUT2D eigenvalue weighted by molar-refractivity contribution is 0.101. The lowest BCUT2D eigenvalue weighted by Crippen LogP contribution is -2.13. The minimum absolute atomic E-state index is 0.0339. The molecule has 0 saturated carbocycles. The summed E-state index contributed by atoms with van der Waals surface area (Å²) < 4.78 is 16.8. The summed E-state index contributed by atoms with van der Waals surface area (Å²) >= 11 is 0. The van der Waals surface area contributed by atoms with Crippen LogP contribution in [-0.4, -0.2) is 25.9 Å². The molecule has 0 heterocycles. The van der Waals surface area contributed by atoms with Gasteiger partial charge in [-0.1, -0.05) is 30.3 Å². The molecule has 6 nitrogen and oxygen atoms in total. The summed E-state index contributed by atoms with van der Waals surface area (Å²) in [5, 5.41) is 2.80. The highest BCUT2D eigenvalue weighted by Crippen LogP contribution is 2.39. The summed E-state index contributed by atoms with van der Waals surface area (Å²) in [5.74, 6) is 0.834. The normalized spacial score (nSPS) is 10.2. The zero-order valence-electron chi connectivity index (χ0n) is 17.1. The van der Waals surface area contributed by atoms with Crippen LogP contribution in [0.2, 0.25) is 0 Å². The number of ketones is 1. The Bertz CT molecular complexity index is 1000. The highest BCUT2D eigenvalue weighted by atomic mass is 16.5. The van der Waals surface area contributed by atoms with E-state index in [0.29, 0.717) is 40.7 Å². The van der Waals surface area contributed by atoms with E-state index in [1.807, 2.05) is 30.3 Å². The van der Waals surface area contributed by atoms with Crippen LogP contribution in [0.25, 0.3) is 0 Å². The number of benzene rings is 3. The van der Waals surface area contributed by atoms with Gasteiger partial charge in [-0.15, -0.1) is 0 Å². The Morgan fingerprint density at radius 3 is 1.97 bits per heavy atom. The zero-order valence-corrected chi connectivity index (χ0v) is 17.1. The van der Waals surface area contributed by atoms with Gasteiger partial charge in [0.25, 0.3) is 5.91 Å². The molecule has 0 fully saturated rings. The molecule has 0 radical (unpaired) electrons. The number of hydrogen-bond acceptors (Lipinski definition) is 5. The highest BCUT2D eigenvalue weighted by Gasteiger charge is 2.18. The molecule has 3 rings (SSSR count). The van der Waals surface area contributed by atoms with Crippen LogP contribution < -0.4 is 19.5 Å². The molecule has 3 aromatic rings. The Kier molecular flexibility index (Phi) is 6.70. The summed E-state index contributed by atoms with van der Waals surface area (Å²) in [7, 11) is 3.01. The summed E-state index contributed by atoms with van der Waals surface area (Å²) in [6.45, 7) is 1.83. The highest BCUT2D eigenvalue weighted by molar-refractivity contribution is 6.05. The second-order valence-corrected chi connectivity index (χ2v) is 6.57. The van der Waals surface area contributed by atoms with Gasteiger partial charge in [0.2, 0.25) is 5.75 Å². The van der Waals surface area contributed by atoms with Gasteiger partial charge in [0.15, 0.2) is 17.3 Å². The van der Waals surface area contributed by atoms with Gasteiger partial charge in [-0.25, -0.2) is 0 Å². The zero-order chi connectivity index (χ0) is 21.5. The fraction of sp³-hybridized carbons (Fsp3) is 0.167. The second-order valence-electron chi connectivity index (χ2n) is 6.57. The molecule has 0 unspecified atom stereocenters. The van der Waals surface area contributed by atoms with Crippen LogP contribution >= 0.6 is 0 Å². The maximum atomic E-state index is 12.7. The van der Waals surface area contributed by atoms with Crippen LogP contribution in [0.5, 0.6) is 17.2 Å². The minimum Gasteiger partial charge on any atom is -0.493 e. The number of anilines is 1. The van der Waals surface area contributed by atoms with Crippen molar-refractivity contribution in [3.05, 3.63) is 83.4 Å². The predicted molar refractivity (Wildman–Crippen MR) is 115 cm³/mol. The van der Waals surface area contributed by atoms with Crippen LogP contribution in [-0.2, 0) is 6.61 Å². The van der Waals surface area contributed by atoms with E-state index in [1.165, 1.54) is 21.1 Å². The first-order valence-electron chi connectivity index (χ1n) is 9.37. The first-order valence-corrected chi connectivity index (χ1v) is 9.37. The monoisotopic (exact) mass is 405 g/mol. The molecule has 0 aromatic heterocycles. The number of carbonyl (C=O) groups is 2. The van der Waals surface area contributed by atoms with Crippen molar-refractivity contribution in [2.75, 3.05) is 19.5 Å². The molecule has 3 aromatic carbocycles. The van der Waals surface area contributed by atoms with Crippen LogP contribution in [0.3, 0.4) is 0 Å². The number of nitrogens with one attached hydrogen (secondary N) is 1. The second kappa shape index (κ2) is 9.60. The van der Waals surface area contributed by atoms with E-state index in [1.54, 1.807) is 36.4 Å².